The molecule has 0 spiro atoms. The van der Waals surface area contributed by atoms with Gasteiger partial charge in [-0.25, -0.2) is 8.42 Å². The zero-order chi connectivity index (χ0) is 14.1. The molecule has 108 valence electrons. The fraction of sp³-hybridized carbons (Fsp3) is 0.571. The van der Waals surface area contributed by atoms with E-state index in [1.807, 2.05) is 30.8 Å². The van der Waals surface area contributed by atoms with Crippen molar-refractivity contribution in [2.75, 3.05) is 29.6 Å². The molecule has 0 aliphatic carbocycles. The van der Waals surface area contributed by atoms with Crippen molar-refractivity contribution >= 4 is 27.3 Å². The van der Waals surface area contributed by atoms with E-state index in [0.717, 1.165) is 18.7 Å². The molecule has 1 aromatic rings. The van der Waals surface area contributed by atoms with Crippen molar-refractivity contribution in [1.82, 2.24) is 0 Å². The summed E-state index contributed by atoms with van der Waals surface area (Å²) in [6, 6.07) is 7.07. The highest BCUT2D eigenvalue weighted by Gasteiger charge is 2.12. The summed E-state index contributed by atoms with van der Waals surface area (Å²) in [4.78, 5) is 0.419. The van der Waals surface area contributed by atoms with Crippen LogP contribution in [-0.2, 0) is 9.84 Å². The van der Waals surface area contributed by atoms with Crippen LogP contribution in [0.25, 0.3) is 0 Å². The smallest absolute Gasteiger partial charge is 0.178 e. The molecule has 0 radical (unpaired) electrons. The van der Waals surface area contributed by atoms with E-state index >= 15 is 0 Å². The molecule has 0 aromatic heterocycles. The maximum atomic E-state index is 11.9. The number of hydrogen-bond acceptors (Lipinski definition) is 4. The van der Waals surface area contributed by atoms with Crippen molar-refractivity contribution < 1.29 is 8.42 Å². The summed E-state index contributed by atoms with van der Waals surface area (Å²) >= 11 is 1.86. The molecule has 1 N–H and O–H groups in total. The summed E-state index contributed by atoms with van der Waals surface area (Å²) < 4.78 is 23.7. The summed E-state index contributed by atoms with van der Waals surface area (Å²) in [7, 11) is -3.09. The Balaban J connectivity index is 2.48. The zero-order valence-electron chi connectivity index (χ0n) is 11.7. The fourth-order valence-electron chi connectivity index (χ4n) is 1.77. The van der Waals surface area contributed by atoms with Gasteiger partial charge in [-0.1, -0.05) is 6.92 Å². The van der Waals surface area contributed by atoms with Gasteiger partial charge in [0, 0.05) is 12.2 Å². The van der Waals surface area contributed by atoms with Crippen molar-refractivity contribution in [3.63, 3.8) is 0 Å². The lowest BCUT2D eigenvalue weighted by atomic mass is 10.3. The number of hydrogen-bond donors (Lipinski definition) is 1. The summed E-state index contributed by atoms with van der Waals surface area (Å²) in [5, 5.41) is 3.31. The van der Waals surface area contributed by atoms with Gasteiger partial charge in [0.15, 0.2) is 9.84 Å². The highest BCUT2D eigenvalue weighted by atomic mass is 32.2. The Kier molecular flexibility index (Phi) is 7.31. The number of rotatable bonds is 9. The zero-order valence-corrected chi connectivity index (χ0v) is 13.3. The number of sulfone groups is 1. The van der Waals surface area contributed by atoms with Crippen molar-refractivity contribution in [3.8, 4) is 0 Å². The van der Waals surface area contributed by atoms with Crippen LogP contribution in [0.1, 0.15) is 26.2 Å². The van der Waals surface area contributed by atoms with Gasteiger partial charge < -0.3 is 5.32 Å². The Morgan fingerprint density at radius 2 is 1.84 bits per heavy atom. The summed E-state index contributed by atoms with van der Waals surface area (Å²) in [6.45, 7) is 2.81. The highest BCUT2D eigenvalue weighted by molar-refractivity contribution is 7.98. The second kappa shape index (κ2) is 8.48. The highest BCUT2D eigenvalue weighted by Crippen LogP contribution is 2.16. The molecule has 0 aliphatic rings. The molecule has 0 aliphatic heterocycles. The standard InChI is InChI=1S/C14H23NO2S2/c1-3-12-19(16,17)14-8-6-13(7-9-14)15-10-4-5-11-18-2/h6-9,15H,3-5,10-12H2,1-2H3. The van der Waals surface area contributed by atoms with Crippen LogP contribution in [0.3, 0.4) is 0 Å². The van der Waals surface area contributed by atoms with E-state index in [2.05, 4.69) is 11.6 Å². The molecule has 0 unspecified atom stereocenters. The average Bonchev–Trinajstić information content (AvgIpc) is 2.39. The molecule has 5 heteroatoms. The van der Waals surface area contributed by atoms with Crippen molar-refractivity contribution in [2.24, 2.45) is 0 Å². The molecule has 0 heterocycles. The molecule has 19 heavy (non-hydrogen) atoms. The second-order valence-electron chi connectivity index (χ2n) is 4.47. The second-order valence-corrected chi connectivity index (χ2v) is 7.56. The summed E-state index contributed by atoms with van der Waals surface area (Å²) in [5.74, 6) is 1.41. The molecule has 1 aromatic carbocycles. The van der Waals surface area contributed by atoms with E-state index in [1.54, 1.807) is 12.1 Å². The van der Waals surface area contributed by atoms with E-state index in [-0.39, 0.29) is 5.75 Å². The van der Waals surface area contributed by atoms with Crippen LogP contribution in [0, 0.1) is 0 Å². The predicted molar refractivity (Wildman–Crippen MR) is 84.9 cm³/mol. The number of thioether (sulfide) groups is 1. The molecule has 1 rings (SSSR count). The first-order chi connectivity index (χ1) is 9.10. The van der Waals surface area contributed by atoms with Gasteiger partial charge in [0.05, 0.1) is 10.6 Å². The van der Waals surface area contributed by atoms with E-state index in [0.29, 0.717) is 11.3 Å². The quantitative estimate of drug-likeness (QED) is 0.710. The van der Waals surface area contributed by atoms with Gasteiger partial charge >= 0.3 is 0 Å². The van der Waals surface area contributed by atoms with Crippen molar-refractivity contribution in [3.05, 3.63) is 24.3 Å². The minimum atomic E-state index is -3.09. The SMILES string of the molecule is CCCS(=O)(=O)c1ccc(NCCCCSC)cc1. The minimum absolute atomic E-state index is 0.217. The maximum absolute atomic E-state index is 11.9. The van der Waals surface area contributed by atoms with E-state index in [4.69, 9.17) is 0 Å². The van der Waals surface area contributed by atoms with Crippen LogP contribution in [0.5, 0.6) is 0 Å². The van der Waals surface area contributed by atoms with Crippen LogP contribution < -0.4 is 5.32 Å². The summed E-state index contributed by atoms with van der Waals surface area (Å²) in [5.41, 5.74) is 0.986. The molecule has 3 nitrogen and oxygen atoms in total. The van der Waals surface area contributed by atoms with E-state index in [9.17, 15) is 8.42 Å². The van der Waals surface area contributed by atoms with Gasteiger partial charge in [0.1, 0.15) is 0 Å². The lowest BCUT2D eigenvalue weighted by molar-refractivity contribution is 0.595. The van der Waals surface area contributed by atoms with E-state index in [1.165, 1.54) is 12.2 Å². The maximum Gasteiger partial charge on any atom is 0.178 e. The molecular formula is C14H23NO2S2. The van der Waals surface area contributed by atoms with Gasteiger partial charge in [-0.3, -0.25) is 0 Å². The van der Waals surface area contributed by atoms with Crippen LogP contribution in [0.4, 0.5) is 5.69 Å². The molecule has 0 atom stereocenters. The topological polar surface area (TPSA) is 46.2 Å². The Hall–Kier alpha value is -0.680. The van der Waals surface area contributed by atoms with Crippen LogP contribution >= 0.6 is 11.8 Å². The third-order valence-corrected chi connectivity index (χ3v) is 5.42. The molecular weight excluding hydrogens is 278 g/mol. The number of nitrogens with one attached hydrogen (secondary N) is 1. The average molecular weight is 301 g/mol. The first kappa shape index (κ1) is 16.4. The predicted octanol–water partition coefficient (Wildman–Crippen LogP) is 3.43. The monoisotopic (exact) mass is 301 g/mol. The van der Waals surface area contributed by atoms with Crippen molar-refractivity contribution in [2.45, 2.75) is 31.1 Å². The van der Waals surface area contributed by atoms with Crippen LogP contribution in [0.2, 0.25) is 0 Å². The Bertz CT molecular complexity index is 455. The first-order valence-corrected chi connectivity index (χ1v) is 9.70. The molecule has 0 bridgehead atoms. The number of anilines is 1. The molecule has 0 amide bonds. The normalized spacial score (nSPS) is 11.5. The lowest BCUT2D eigenvalue weighted by Crippen LogP contribution is -2.06. The minimum Gasteiger partial charge on any atom is -0.385 e. The molecule has 0 saturated heterocycles. The van der Waals surface area contributed by atoms with Gasteiger partial charge in [-0.05, 0) is 55.5 Å². The van der Waals surface area contributed by atoms with E-state index < -0.39 is 9.84 Å². The van der Waals surface area contributed by atoms with Gasteiger partial charge in [-0.2, -0.15) is 11.8 Å². The first-order valence-electron chi connectivity index (χ1n) is 6.66. The Labute approximate surface area is 121 Å². The Morgan fingerprint density at radius 3 is 2.42 bits per heavy atom. The third-order valence-electron chi connectivity index (χ3n) is 2.79. The molecule has 0 fully saturated rings. The fourth-order valence-corrected chi connectivity index (χ4v) is 3.59. The van der Waals surface area contributed by atoms with Gasteiger partial charge in [0.2, 0.25) is 0 Å². The van der Waals surface area contributed by atoms with Gasteiger partial charge in [0.25, 0.3) is 0 Å². The van der Waals surface area contributed by atoms with Crippen LogP contribution in [-0.4, -0.2) is 32.7 Å². The largest absolute Gasteiger partial charge is 0.385 e. The third kappa shape index (κ3) is 5.87. The Morgan fingerprint density at radius 1 is 1.16 bits per heavy atom. The lowest BCUT2D eigenvalue weighted by Gasteiger charge is -2.07. The number of benzene rings is 1. The van der Waals surface area contributed by atoms with Crippen molar-refractivity contribution in [1.29, 1.82) is 0 Å². The summed E-state index contributed by atoms with van der Waals surface area (Å²) in [6.07, 6.45) is 5.11. The molecule has 0 saturated carbocycles. The van der Waals surface area contributed by atoms with Gasteiger partial charge in [-0.15, -0.1) is 0 Å². The number of unbranched alkanes of at least 4 members (excludes halogenated alkanes) is 1. The van der Waals surface area contributed by atoms with Crippen LogP contribution in [0.15, 0.2) is 29.2 Å².